The molecular weight excluding hydrogens is 358 g/mol. The maximum absolute atomic E-state index is 13.2. The molecule has 1 atom stereocenters. The largest absolute Gasteiger partial charge is 0.356 e. The van der Waals surface area contributed by atoms with Crippen LogP contribution in [0.15, 0.2) is 84.9 Å². The fourth-order valence-electron chi connectivity index (χ4n) is 4.32. The predicted octanol–water partition coefficient (Wildman–Crippen LogP) is 5.03. The maximum Gasteiger partial charge on any atom is 0.318 e. The van der Waals surface area contributed by atoms with E-state index in [0.29, 0.717) is 13.1 Å². The zero-order chi connectivity index (χ0) is 19.6. The molecule has 144 valence electrons. The summed E-state index contributed by atoms with van der Waals surface area (Å²) in [5, 5.41) is 4.36. The Bertz CT molecular complexity index is 1130. The van der Waals surface area contributed by atoms with Gasteiger partial charge in [0.2, 0.25) is 0 Å². The number of aromatic amines is 1. The van der Waals surface area contributed by atoms with Crippen molar-refractivity contribution in [3.63, 3.8) is 0 Å². The van der Waals surface area contributed by atoms with Gasteiger partial charge < -0.3 is 15.2 Å². The molecule has 0 radical (unpaired) electrons. The van der Waals surface area contributed by atoms with Crippen LogP contribution in [0.5, 0.6) is 0 Å². The van der Waals surface area contributed by atoms with Gasteiger partial charge in [0.05, 0.1) is 6.04 Å². The summed E-state index contributed by atoms with van der Waals surface area (Å²) < 4.78 is 0. The minimum absolute atomic E-state index is 0.0352. The first-order valence-corrected chi connectivity index (χ1v) is 10.0. The van der Waals surface area contributed by atoms with E-state index in [2.05, 4.69) is 40.6 Å². The van der Waals surface area contributed by atoms with E-state index in [1.54, 1.807) is 0 Å². The van der Waals surface area contributed by atoms with E-state index in [4.69, 9.17) is 0 Å². The van der Waals surface area contributed by atoms with Crippen molar-refractivity contribution in [2.24, 2.45) is 0 Å². The number of H-pyrrole nitrogens is 1. The van der Waals surface area contributed by atoms with Crippen LogP contribution < -0.4 is 5.32 Å². The van der Waals surface area contributed by atoms with Crippen molar-refractivity contribution in [3.8, 4) is 0 Å². The molecule has 1 aliphatic heterocycles. The van der Waals surface area contributed by atoms with Gasteiger partial charge in [-0.25, -0.2) is 4.79 Å². The summed E-state index contributed by atoms with van der Waals surface area (Å²) in [6, 6.07) is 28.5. The lowest BCUT2D eigenvalue weighted by atomic mass is 9.92. The molecular formula is C25H23N3O. The molecule has 0 saturated carbocycles. The van der Waals surface area contributed by atoms with Crippen LogP contribution in [0.25, 0.3) is 10.9 Å². The number of amides is 2. The number of nitrogens with zero attached hydrogens (tertiary/aromatic N) is 1. The fraction of sp³-hybridized carbons (Fsp3) is 0.160. The van der Waals surface area contributed by atoms with Gasteiger partial charge in [0.25, 0.3) is 0 Å². The third-order valence-corrected chi connectivity index (χ3v) is 5.70. The van der Waals surface area contributed by atoms with Gasteiger partial charge in [0.15, 0.2) is 0 Å². The molecule has 0 fully saturated rings. The average Bonchev–Trinajstić information content (AvgIpc) is 3.17. The van der Waals surface area contributed by atoms with Gasteiger partial charge in [0.1, 0.15) is 0 Å². The van der Waals surface area contributed by atoms with Gasteiger partial charge in [-0.15, -0.1) is 0 Å². The van der Waals surface area contributed by atoms with Crippen LogP contribution >= 0.6 is 0 Å². The quantitative estimate of drug-likeness (QED) is 0.514. The molecule has 2 heterocycles. The van der Waals surface area contributed by atoms with Crippen molar-refractivity contribution >= 4 is 16.9 Å². The fourth-order valence-corrected chi connectivity index (χ4v) is 4.32. The molecule has 1 aromatic heterocycles. The number of hydrogen-bond acceptors (Lipinski definition) is 1. The van der Waals surface area contributed by atoms with E-state index in [1.807, 2.05) is 59.5 Å². The van der Waals surface area contributed by atoms with Crippen LogP contribution in [-0.4, -0.2) is 22.5 Å². The summed E-state index contributed by atoms with van der Waals surface area (Å²) in [5.74, 6) is 0. The van der Waals surface area contributed by atoms with E-state index in [-0.39, 0.29) is 12.1 Å². The molecule has 1 unspecified atom stereocenters. The number of carbonyl (C=O) groups is 1. The molecule has 0 bridgehead atoms. The lowest BCUT2D eigenvalue weighted by molar-refractivity contribution is 0.179. The highest BCUT2D eigenvalue weighted by Crippen LogP contribution is 2.38. The van der Waals surface area contributed by atoms with Crippen LogP contribution in [-0.2, 0) is 13.0 Å². The molecule has 1 aliphatic rings. The highest BCUT2D eigenvalue weighted by molar-refractivity contribution is 5.86. The summed E-state index contributed by atoms with van der Waals surface area (Å²) in [7, 11) is 0. The zero-order valence-electron chi connectivity index (χ0n) is 16.1. The van der Waals surface area contributed by atoms with Crippen molar-refractivity contribution in [1.82, 2.24) is 15.2 Å². The van der Waals surface area contributed by atoms with Crippen LogP contribution in [0, 0.1) is 0 Å². The van der Waals surface area contributed by atoms with Crippen molar-refractivity contribution < 1.29 is 4.79 Å². The molecule has 5 rings (SSSR count). The molecule has 2 amide bonds. The Morgan fingerprint density at radius 2 is 1.62 bits per heavy atom. The second-order valence-corrected chi connectivity index (χ2v) is 7.46. The Hall–Kier alpha value is -3.53. The van der Waals surface area contributed by atoms with Gasteiger partial charge >= 0.3 is 6.03 Å². The van der Waals surface area contributed by atoms with E-state index >= 15 is 0 Å². The number of hydrogen-bond donors (Lipinski definition) is 2. The molecule has 0 saturated heterocycles. The maximum atomic E-state index is 13.2. The number of carbonyl (C=O) groups excluding carboxylic acids is 1. The number of nitrogens with one attached hydrogen (secondary N) is 2. The number of benzene rings is 3. The smallest absolute Gasteiger partial charge is 0.318 e. The summed E-state index contributed by atoms with van der Waals surface area (Å²) in [6.45, 7) is 1.21. The Morgan fingerprint density at radius 3 is 2.41 bits per heavy atom. The number of aromatic nitrogens is 1. The molecule has 29 heavy (non-hydrogen) atoms. The molecule has 4 nitrogen and oxygen atoms in total. The number of para-hydroxylation sites is 1. The van der Waals surface area contributed by atoms with Gasteiger partial charge in [-0.2, -0.15) is 0 Å². The van der Waals surface area contributed by atoms with Gasteiger partial charge in [0, 0.05) is 29.7 Å². The van der Waals surface area contributed by atoms with Crippen molar-refractivity contribution in [2.45, 2.75) is 19.0 Å². The number of fused-ring (bicyclic) bond motifs is 3. The van der Waals surface area contributed by atoms with Gasteiger partial charge in [-0.05, 0) is 29.2 Å². The van der Waals surface area contributed by atoms with Crippen LogP contribution in [0.3, 0.4) is 0 Å². The molecule has 4 heteroatoms. The second kappa shape index (κ2) is 7.47. The summed E-state index contributed by atoms with van der Waals surface area (Å²) >= 11 is 0. The van der Waals surface area contributed by atoms with Crippen molar-refractivity contribution in [1.29, 1.82) is 0 Å². The van der Waals surface area contributed by atoms with Gasteiger partial charge in [-0.1, -0.05) is 78.9 Å². The minimum Gasteiger partial charge on any atom is -0.356 e. The van der Waals surface area contributed by atoms with Crippen LogP contribution in [0.2, 0.25) is 0 Å². The molecule has 2 N–H and O–H groups in total. The summed E-state index contributed by atoms with van der Waals surface area (Å²) in [4.78, 5) is 18.7. The van der Waals surface area contributed by atoms with Crippen molar-refractivity contribution in [3.05, 3.63) is 107 Å². The lowest BCUT2D eigenvalue weighted by Crippen LogP contribution is -2.45. The Balaban J connectivity index is 1.50. The third kappa shape index (κ3) is 3.27. The second-order valence-electron chi connectivity index (χ2n) is 7.46. The van der Waals surface area contributed by atoms with Crippen LogP contribution in [0.1, 0.15) is 28.4 Å². The highest BCUT2D eigenvalue weighted by Gasteiger charge is 2.34. The predicted molar refractivity (Wildman–Crippen MR) is 116 cm³/mol. The van der Waals surface area contributed by atoms with E-state index in [1.165, 1.54) is 10.9 Å². The van der Waals surface area contributed by atoms with Crippen LogP contribution in [0.4, 0.5) is 4.79 Å². The SMILES string of the molecule is O=C(NCc1ccccc1)N1CCc2c([nH]c3ccccc23)C1c1ccccc1. The zero-order valence-corrected chi connectivity index (χ0v) is 16.1. The summed E-state index contributed by atoms with van der Waals surface area (Å²) in [5.41, 5.74) is 5.79. The number of urea groups is 1. The molecule has 3 aromatic carbocycles. The monoisotopic (exact) mass is 381 g/mol. The minimum atomic E-state index is -0.122. The van der Waals surface area contributed by atoms with E-state index in [9.17, 15) is 4.79 Å². The topological polar surface area (TPSA) is 48.1 Å². The normalized spacial score (nSPS) is 15.9. The van der Waals surface area contributed by atoms with Crippen molar-refractivity contribution in [2.75, 3.05) is 6.54 Å². The lowest BCUT2D eigenvalue weighted by Gasteiger charge is -2.36. The third-order valence-electron chi connectivity index (χ3n) is 5.70. The Morgan fingerprint density at radius 1 is 0.931 bits per heavy atom. The first-order valence-electron chi connectivity index (χ1n) is 10.0. The summed E-state index contributed by atoms with van der Waals surface area (Å²) in [6.07, 6.45) is 0.849. The molecule has 0 aliphatic carbocycles. The first kappa shape index (κ1) is 17.6. The molecule has 0 spiro atoms. The number of rotatable bonds is 3. The molecule has 4 aromatic rings. The average molecular weight is 381 g/mol. The first-order chi connectivity index (χ1) is 14.3. The Labute approximate surface area is 170 Å². The standard InChI is InChI=1S/C25H23N3O/c29-25(26-17-18-9-3-1-4-10-18)28-16-15-21-20-13-7-8-14-22(20)27-23(21)24(28)19-11-5-2-6-12-19/h1-14,24,27H,15-17H2,(H,26,29). The van der Waals surface area contributed by atoms with E-state index < -0.39 is 0 Å². The Kier molecular flexibility index (Phi) is 4.53. The van der Waals surface area contributed by atoms with E-state index in [0.717, 1.165) is 28.8 Å². The highest BCUT2D eigenvalue weighted by atomic mass is 16.2. The van der Waals surface area contributed by atoms with Gasteiger partial charge in [-0.3, -0.25) is 0 Å².